The van der Waals surface area contributed by atoms with Crippen molar-refractivity contribution in [1.29, 1.82) is 0 Å². The van der Waals surface area contributed by atoms with Crippen molar-refractivity contribution < 1.29 is 0 Å². The lowest BCUT2D eigenvalue weighted by atomic mass is 9.33. The molecule has 0 N–H and O–H groups in total. The summed E-state index contributed by atoms with van der Waals surface area (Å²) in [5.74, 6) is 0. The monoisotopic (exact) mass is 630 g/mol. The second-order valence-electron chi connectivity index (χ2n) is 14.6. The van der Waals surface area contributed by atoms with Gasteiger partial charge in [0.15, 0.2) is 0 Å². The lowest BCUT2D eigenvalue weighted by Gasteiger charge is -2.28. The van der Waals surface area contributed by atoms with E-state index in [-0.39, 0.29) is 6.71 Å². The average molecular weight is 631 g/mol. The average Bonchev–Trinajstić information content (AvgIpc) is 3.06. The lowest BCUT2D eigenvalue weighted by molar-refractivity contribution is 1.34. The molecule has 0 amide bonds. The molecule has 0 aliphatic carbocycles. The maximum atomic E-state index is 2.55. The van der Waals surface area contributed by atoms with Crippen molar-refractivity contribution in [2.75, 3.05) is 0 Å². The van der Waals surface area contributed by atoms with E-state index in [1.165, 1.54) is 115 Å². The molecule has 0 nitrogen and oxygen atoms in total. The molecule has 0 heterocycles. The minimum atomic E-state index is 0.0735. The van der Waals surface area contributed by atoms with Crippen molar-refractivity contribution in [2.24, 2.45) is 0 Å². The first-order chi connectivity index (χ1) is 23.6. The summed E-state index contributed by atoms with van der Waals surface area (Å²) in [5.41, 5.74) is 20.1. The number of benzene rings is 8. The second-order valence-corrected chi connectivity index (χ2v) is 14.6. The Hall–Kier alpha value is -5.14. The van der Waals surface area contributed by atoms with Crippen LogP contribution in [0.15, 0.2) is 115 Å². The van der Waals surface area contributed by atoms with Crippen molar-refractivity contribution in [1.82, 2.24) is 0 Å². The summed E-state index contributed by atoms with van der Waals surface area (Å²) in [7, 11) is 0. The van der Waals surface area contributed by atoms with Crippen molar-refractivity contribution >= 4 is 55.4 Å². The first kappa shape index (κ1) is 31.2. The van der Waals surface area contributed by atoms with Crippen molar-refractivity contribution in [3.63, 3.8) is 0 Å². The molecular formula is C48H43B. The molecular weight excluding hydrogens is 587 g/mol. The van der Waals surface area contributed by atoms with Crippen LogP contribution in [0.25, 0.3) is 54.6 Å². The van der Waals surface area contributed by atoms with Gasteiger partial charge in [0.25, 0.3) is 0 Å². The normalized spacial score (nSPS) is 11.7. The first-order valence-corrected chi connectivity index (χ1v) is 17.6. The molecule has 1 heteroatoms. The van der Waals surface area contributed by atoms with Gasteiger partial charge in [-0.2, -0.15) is 0 Å². The van der Waals surface area contributed by atoms with Gasteiger partial charge >= 0.3 is 0 Å². The van der Waals surface area contributed by atoms with Crippen LogP contribution in [-0.4, -0.2) is 6.71 Å². The Balaban J connectivity index is 1.59. The molecule has 0 aliphatic rings. The van der Waals surface area contributed by atoms with E-state index in [0.29, 0.717) is 0 Å². The lowest BCUT2D eigenvalue weighted by Crippen LogP contribution is -2.56. The van der Waals surface area contributed by atoms with Crippen LogP contribution in [-0.2, 0) is 0 Å². The Morgan fingerprint density at radius 3 is 1.35 bits per heavy atom. The van der Waals surface area contributed by atoms with Crippen LogP contribution in [0.5, 0.6) is 0 Å². The van der Waals surface area contributed by atoms with Gasteiger partial charge in [-0.15, -0.1) is 0 Å². The third kappa shape index (κ3) is 4.98. The summed E-state index contributed by atoms with van der Waals surface area (Å²) in [6.45, 7) is 18.3. The molecule has 8 aromatic rings. The van der Waals surface area contributed by atoms with Crippen molar-refractivity contribution in [2.45, 2.75) is 55.4 Å². The van der Waals surface area contributed by atoms with Gasteiger partial charge in [0, 0.05) is 0 Å². The van der Waals surface area contributed by atoms with Crippen LogP contribution in [0.4, 0.5) is 0 Å². The minimum absolute atomic E-state index is 0.0735. The molecule has 238 valence electrons. The van der Waals surface area contributed by atoms with Crippen molar-refractivity contribution in [3.8, 4) is 22.3 Å². The molecule has 0 spiro atoms. The predicted octanol–water partition coefficient (Wildman–Crippen LogP) is 10.9. The van der Waals surface area contributed by atoms with Crippen LogP contribution in [0.3, 0.4) is 0 Å². The fraction of sp³-hybridized carbons (Fsp3) is 0.167. The Labute approximate surface area is 291 Å². The number of aryl methyl sites for hydroxylation is 8. The maximum Gasteiger partial charge on any atom is 0.243 e. The molecule has 0 bridgehead atoms. The van der Waals surface area contributed by atoms with E-state index in [0.717, 1.165) is 0 Å². The van der Waals surface area contributed by atoms with E-state index in [9.17, 15) is 0 Å². The van der Waals surface area contributed by atoms with Crippen LogP contribution in [0.2, 0.25) is 0 Å². The zero-order valence-corrected chi connectivity index (χ0v) is 30.0. The predicted molar refractivity (Wildman–Crippen MR) is 216 cm³/mol. The van der Waals surface area contributed by atoms with E-state index >= 15 is 0 Å². The minimum Gasteiger partial charge on any atom is -0.0629 e. The molecule has 0 saturated carbocycles. The van der Waals surface area contributed by atoms with Gasteiger partial charge in [0.1, 0.15) is 0 Å². The van der Waals surface area contributed by atoms with Crippen LogP contribution >= 0.6 is 0 Å². The highest BCUT2D eigenvalue weighted by atomic mass is 14.2. The summed E-state index contributed by atoms with van der Waals surface area (Å²) in [4.78, 5) is 0. The topological polar surface area (TPSA) is 0 Å². The van der Waals surface area contributed by atoms with E-state index in [2.05, 4.69) is 171 Å². The van der Waals surface area contributed by atoms with Gasteiger partial charge in [-0.3, -0.25) is 0 Å². The molecule has 8 rings (SSSR count). The van der Waals surface area contributed by atoms with Crippen LogP contribution in [0, 0.1) is 55.4 Å². The Morgan fingerprint density at radius 1 is 0.347 bits per heavy atom. The largest absolute Gasteiger partial charge is 0.243 e. The van der Waals surface area contributed by atoms with E-state index in [4.69, 9.17) is 0 Å². The molecule has 0 fully saturated rings. The smallest absolute Gasteiger partial charge is 0.0629 e. The molecule has 0 unspecified atom stereocenters. The van der Waals surface area contributed by atoms with Gasteiger partial charge in [0.05, 0.1) is 0 Å². The van der Waals surface area contributed by atoms with E-state index in [1.54, 1.807) is 0 Å². The fourth-order valence-corrected chi connectivity index (χ4v) is 9.12. The van der Waals surface area contributed by atoms with Crippen LogP contribution in [0.1, 0.15) is 44.5 Å². The van der Waals surface area contributed by atoms with Gasteiger partial charge < -0.3 is 0 Å². The maximum absolute atomic E-state index is 2.55. The summed E-state index contributed by atoms with van der Waals surface area (Å²) in [6.07, 6.45) is 0. The van der Waals surface area contributed by atoms with E-state index in [1.807, 2.05) is 0 Å². The van der Waals surface area contributed by atoms with Crippen molar-refractivity contribution in [3.05, 3.63) is 160 Å². The molecule has 0 aliphatic heterocycles. The Morgan fingerprint density at radius 2 is 0.796 bits per heavy atom. The fourth-order valence-electron chi connectivity index (χ4n) is 9.12. The van der Waals surface area contributed by atoms with Gasteiger partial charge in [-0.1, -0.05) is 165 Å². The number of rotatable bonds is 5. The quantitative estimate of drug-likeness (QED) is 0.131. The Bertz CT molecular complexity index is 2480. The van der Waals surface area contributed by atoms with E-state index < -0.39 is 0 Å². The molecule has 0 atom stereocenters. The first-order valence-electron chi connectivity index (χ1n) is 17.6. The third-order valence-electron chi connectivity index (χ3n) is 11.0. The highest BCUT2D eigenvalue weighted by Crippen LogP contribution is 2.43. The summed E-state index contributed by atoms with van der Waals surface area (Å²) < 4.78 is 0. The highest BCUT2D eigenvalue weighted by molar-refractivity contribution is 6.98. The molecule has 0 radical (unpaired) electrons. The third-order valence-corrected chi connectivity index (χ3v) is 11.0. The van der Waals surface area contributed by atoms with Gasteiger partial charge in [-0.05, 0) is 121 Å². The molecule has 49 heavy (non-hydrogen) atoms. The summed E-state index contributed by atoms with van der Waals surface area (Å²) >= 11 is 0. The standard InChI is InChI=1S/C48H43B/c1-28-23-32(5)47(33(6)24-28)49(48-34(7)25-29(2)26-35(48)8)44-27-43(38-16-12-10-14-31(38)4)41-20-18-36-17-19-39(37-15-11-9-13-30(37)3)40-21-22-42(44)46(41)45(36)40/h9-27H,1-8H3. The highest BCUT2D eigenvalue weighted by Gasteiger charge is 2.31. The van der Waals surface area contributed by atoms with Crippen LogP contribution < -0.4 is 16.4 Å². The number of hydrogen-bond donors (Lipinski definition) is 0. The molecule has 8 aromatic carbocycles. The Kier molecular flexibility index (Phi) is 7.49. The summed E-state index contributed by atoms with van der Waals surface area (Å²) in [5, 5.41) is 8.01. The number of hydrogen-bond acceptors (Lipinski definition) is 0. The second kappa shape index (κ2) is 11.8. The zero-order chi connectivity index (χ0) is 34.1. The molecule has 0 saturated heterocycles. The van der Waals surface area contributed by atoms with Gasteiger partial charge in [-0.25, -0.2) is 0 Å². The molecule has 0 aromatic heterocycles. The van der Waals surface area contributed by atoms with Gasteiger partial charge in [0.2, 0.25) is 6.71 Å². The zero-order valence-electron chi connectivity index (χ0n) is 30.0. The SMILES string of the molecule is Cc1cc(C)c(B(c2c(C)cc(C)cc2C)c2cc(-c3ccccc3C)c3ccc4ccc(-c5ccccc5C)c5ccc2c3c45)c(C)c1. The summed E-state index contributed by atoms with van der Waals surface area (Å²) in [6, 6.07) is 44.0.